The number of nitrogens with zero attached hydrogens (tertiary/aromatic N) is 3. The van der Waals surface area contributed by atoms with Crippen LogP contribution in [0.5, 0.6) is 0 Å². The zero-order valence-electron chi connectivity index (χ0n) is 7.35. The summed E-state index contributed by atoms with van der Waals surface area (Å²) in [5.41, 5.74) is 6.90. The van der Waals surface area contributed by atoms with Gasteiger partial charge in [-0.15, -0.1) is 10.2 Å². The van der Waals surface area contributed by atoms with Crippen LogP contribution in [0.15, 0.2) is 17.3 Å². The van der Waals surface area contributed by atoms with E-state index in [-0.39, 0.29) is 6.10 Å². The number of nitrogens with two attached hydrogens (primary N) is 1. The van der Waals surface area contributed by atoms with Gasteiger partial charge < -0.3 is 10.6 Å². The first-order valence-electron chi connectivity index (χ1n) is 4.22. The maximum atomic E-state index is 5.61. The standard InChI is InChI=1S/C8H9ClN4O/c9-8-2-1-6(11-12-8)7-3-5(4-10)14-13-7/h1-2,5H,3-4,10H2. The third-order valence-corrected chi connectivity index (χ3v) is 2.13. The van der Waals surface area contributed by atoms with Gasteiger partial charge >= 0.3 is 0 Å². The van der Waals surface area contributed by atoms with E-state index in [0.29, 0.717) is 23.8 Å². The molecule has 6 heteroatoms. The summed E-state index contributed by atoms with van der Waals surface area (Å²) in [6, 6.07) is 3.43. The minimum absolute atomic E-state index is 0.0394. The Labute approximate surface area is 85.9 Å². The van der Waals surface area contributed by atoms with E-state index in [1.165, 1.54) is 0 Å². The van der Waals surface area contributed by atoms with Crippen LogP contribution in [0.4, 0.5) is 0 Å². The Hall–Kier alpha value is -1.20. The second-order valence-corrected chi connectivity index (χ2v) is 3.33. The highest BCUT2D eigenvalue weighted by molar-refractivity contribution is 6.29. The molecular weight excluding hydrogens is 204 g/mol. The normalized spacial score (nSPS) is 20.4. The number of hydrogen-bond donors (Lipinski definition) is 1. The summed E-state index contributed by atoms with van der Waals surface area (Å²) >= 11 is 5.61. The number of rotatable bonds is 2. The fraction of sp³-hybridized carbons (Fsp3) is 0.375. The van der Waals surface area contributed by atoms with E-state index in [1.807, 2.05) is 0 Å². The molecule has 0 radical (unpaired) electrons. The number of oxime groups is 1. The molecule has 0 spiro atoms. The largest absolute Gasteiger partial charge is 0.390 e. The van der Waals surface area contributed by atoms with E-state index < -0.39 is 0 Å². The van der Waals surface area contributed by atoms with Gasteiger partial charge in [0.05, 0.1) is 0 Å². The van der Waals surface area contributed by atoms with Crippen LogP contribution in [-0.2, 0) is 4.84 Å². The molecule has 1 atom stereocenters. The van der Waals surface area contributed by atoms with Crippen molar-refractivity contribution in [3.05, 3.63) is 23.0 Å². The van der Waals surface area contributed by atoms with Gasteiger partial charge in [0.2, 0.25) is 0 Å². The minimum Gasteiger partial charge on any atom is -0.390 e. The van der Waals surface area contributed by atoms with E-state index in [9.17, 15) is 0 Å². The highest BCUT2D eigenvalue weighted by Gasteiger charge is 2.21. The maximum absolute atomic E-state index is 5.61. The first-order valence-corrected chi connectivity index (χ1v) is 4.60. The maximum Gasteiger partial charge on any atom is 0.151 e. The van der Waals surface area contributed by atoms with E-state index >= 15 is 0 Å². The lowest BCUT2D eigenvalue weighted by Crippen LogP contribution is -2.20. The molecule has 1 aromatic heterocycles. The summed E-state index contributed by atoms with van der Waals surface area (Å²) in [5.74, 6) is 0. The van der Waals surface area contributed by atoms with Gasteiger partial charge in [-0.2, -0.15) is 0 Å². The zero-order chi connectivity index (χ0) is 9.97. The average molecular weight is 213 g/mol. The Bertz CT molecular complexity index is 351. The topological polar surface area (TPSA) is 73.4 Å². The molecule has 74 valence electrons. The van der Waals surface area contributed by atoms with Crippen molar-refractivity contribution in [1.29, 1.82) is 0 Å². The molecule has 2 heterocycles. The summed E-state index contributed by atoms with van der Waals surface area (Å²) in [5, 5.41) is 11.9. The molecule has 1 aromatic rings. The molecule has 0 aromatic carbocycles. The van der Waals surface area contributed by atoms with E-state index in [0.717, 1.165) is 5.71 Å². The lowest BCUT2D eigenvalue weighted by molar-refractivity contribution is 0.0918. The highest BCUT2D eigenvalue weighted by atomic mass is 35.5. The molecule has 0 saturated heterocycles. The molecule has 1 unspecified atom stereocenters. The second-order valence-electron chi connectivity index (χ2n) is 2.95. The molecule has 2 rings (SSSR count). The summed E-state index contributed by atoms with van der Waals surface area (Å²) in [7, 11) is 0. The van der Waals surface area contributed by atoms with Gasteiger partial charge in [-0.1, -0.05) is 16.8 Å². The smallest absolute Gasteiger partial charge is 0.151 e. The Morgan fingerprint density at radius 1 is 1.50 bits per heavy atom. The third kappa shape index (κ3) is 1.83. The lowest BCUT2D eigenvalue weighted by Gasteiger charge is -2.01. The summed E-state index contributed by atoms with van der Waals surface area (Å²) in [4.78, 5) is 5.06. The predicted molar refractivity (Wildman–Crippen MR) is 52.1 cm³/mol. The fourth-order valence-electron chi connectivity index (χ4n) is 1.18. The van der Waals surface area contributed by atoms with Crippen molar-refractivity contribution in [2.24, 2.45) is 10.9 Å². The molecular formula is C8H9ClN4O. The molecule has 0 saturated carbocycles. The van der Waals surface area contributed by atoms with Crippen LogP contribution >= 0.6 is 11.6 Å². The van der Waals surface area contributed by atoms with E-state index in [2.05, 4.69) is 15.4 Å². The van der Waals surface area contributed by atoms with E-state index in [4.69, 9.17) is 22.2 Å². The lowest BCUT2D eigenvalue weighted by atomic mass is 10.1. The van der Waals surface area contributed by atoms with Crippen LogP contribution in [-0.4, -0.2) is 28.6 Å². The van der Waals surface area contributed by atoms with Crippen LogP contribution in [0.1, 0.15) is 12.1 Å². The van der Waals surface area contributed by atoms with Crippen molar-refractivity contribution in [2.75, 3.05) is 6.54 Å². The molecule has 5 nitrogen and oxygen atoms in total. The quantitative estimate of drug-likeness (QED) is 0.779. The molecule has 0 fully saturated rings. The number of hydrogen-bond acceptors (Lipinski definition) is 5. The van der Waals surface area contributed by atoms with Crippen molar-refractivity contribution in [1.82, 2.24) is 10.2 Å². The second kappa shape index (κ2) is 3.89. The Kier molecular flexibility index (Phi) is 2.60. The summed E-state index contributed by atoms with van der Waals surface area (Å²) in [6.07, 6.45) is 0.634. The molecule has 1 aliphatic heterocycles. The fourth-order valence-corrected chi connectivity index (χ4v) is 1.28. The number of halogens is 1. The Morgan fingerprint density at radius 2 is 2.36 bits per heavy atom. The number of aromatic nitrogens is 2. The van der Waals surface area contributed by atoms with Crippen molar-refractivity contribution >= 4 is 17.3 Å². The van der Waals surface area contributed by atoms with E-state index in [1.54, 1.807) is 12.1 Å². The molecule has 0 amide bonds. The molecule has 2 N–H and O–H groups in total. The molecule has 0 bridgehead atoms. The average Bonchev–Trinajstić information content (AvgIpc) is 2.67. The van der Waals surface area contributed by atoms with Crippen LogP contribution in [0.3, 0.4) is 0 Å². The van der Waals surface area contributed by atoms with Crippen LogP contribution < -0.4 is 5.73 Å². The first-order chi connectivity index (χ1) is 6.79. The predicted octanol–water partition coefficient (Wildman–Crippen LogP) is 0.582. The van der Waals surface area contributed by atoms with Gasteiger partial charge in [0.25, 0.3) is 0 Å². The molecule has 0 aliphatic carbocycles. The van der Waals surface area contributed by atoms with Gasteiger partial charge in [-0.25, -0.2) is 0 Å². The van der Waals surface area contributed by atoms with Gasteiger partial charge in [-0.3, -0.25) is 0 Å². The van der Waals surface area contributed by atoms with Gasteiger partial charge in [0.15, 0.2) is 5.15 Å². The first kappa shape index (κ1) is 9.36. The van der Waals surface area contributed by atoms with Gasteiger partial charge in [0.1, 0.15) is 17.5 Å². The third-order valence-electron chi connectivity index (χ3n) is 1.92. The highest BCUT2D eigenvalue weighted by Crippen LogP contribution is 2.14. The Morgan fingerprint density at radius 3 is 2.93 bits per heavy atom. The zero-order valence-corrected chi connectivity index (χ0v) is 8.11. The van der Waals surface area contributed by atoms with Crippen LogP contribution in [0.2, 0.25) is 5.15 Å². The molecule has 14 heavy (non-hydrogen) atoms. The van der Waals surface area contributed by atoms with Gasteiger partial charge in [-0.05, 0) is 12.1 Å². The van der Waals surface area contributed by atoms with Crippen LogP contribution in [0.25, 0.3) is 0 Å². The van der Waals surface area contributed by atoms with Crippen molar-refractivity contribution in [3.63, 3.8) is 0 Å². The van der Waals surface area contributed by atoms with Gasteiger partial charge in [0, 0.05) is 13.0 Å². The Balaban J connectivity index is 2.13. The SMILES string of the molecule is NCC1CC(c2ccc(Cl)nn2)=NO1. The van der Waals surface area contributed by atoms with Crippen molar-refractivity contribution in [2.45, 2.75) is 12.5 Å². The van der Waals surface area contributed by atoms with Crippen molar-refractivity contribution < 1.29 is 4.84 Å². The summed E-state index contributed by atoms with van der Waals surface area (Å²) in [6.45, 7) is 0.452. The summed E-state index contributed by atoms with van der Waals surface area (Å²) < 4.78 is 0. The minimum atomic E-state index is -0.0394. The van der Waals surface area contributed by atoms with Crippen LogP contribution in [0, 0.1) is 0 Å². The molecule has 1 aliphatic rings. The monoisotopic (exact) mass is 212 g/mol. The van der Waals surface area contributed by atoms with Crippen molar-refractivity contribution in [3.8, 4) is 0 Å².